The second kappa shape index (κ2) is 6.82. The van der Waals surface area contributed by atoms with Gasteiger partial charge in [-0.05, 0) is 12.1 Å². The van der Waals surface area contributed by atoms with Crippen molar-refractivity contribution in [3.8, 4) is 0 Å². The number of hydrazine groups is 1. The first-order chi connectivity index (χ1) is 8.60. The minimum Gasteiger partial charge on any atom is -0.469 e. The van der Waals surface area contributed by atoms with Crippen LogP contribution in [0.5, 0.6) is 0 Å². The van der Waals surface area contributed by atoms with E-state index in [4.69, 9.17) is 5.84 Å². The number of carbonyl (C=O) groups excluding carboxylic acids is 1. The molecule has 0 saturated heterocycles. The Bertz CT molecular complexity index is 453. The average Bonchev–Trinajstić information content (AvgIpc) is 2.37. The zero-order valence-electron chi connectivity index (χ0n) is 9.71. The van der Waals surface area contributed by atoms with Crippen molar-refractivity contribution in [1.29, 1.82) is 0 Å². The van der Waals surface area contributed by atoms with Gasteiger partial charge in [0.25, 0.3) is 0 Å². The molecule has 7 nitrogen and oxygen atoms in total. The van der Waals surface area contributed by atoms with Crippen LogP contribution in [0, 0.1) is 10.1 Å². The molecule has 3 N–H and O–H groups in total. The van der Waals surface area contributed by atoms with Crippen LogP contribution in [-0.4, -0.2) is 23.8 Å². The number of nitrogens with one attached hydrogen (secondary N) is 1. The molecule has 0 aliphatic carbocycles. The second-order valence-corrected chi connectivity index (χ2v) is 4.37. The number of nitrogen functional groups attached to an aromatic ring is 1. The molecule has 8 heteroatoms. The van der Waals surface area contributed by atoms with E-state index in [1.54, 1.807) is 12.1 Å². The Kier molecular flexibility index (Phi) is 5.40. The van der Waals surface area contributed by atoms with Crippen LogP contribution in [0.3, 0.4) is 0 Å². The topological polar surface area (TPSA) is 107 Å². The van der Waals surface area contributed by atoms with Crippen molar-refractivity contribution >= 4 is 29.1 Å². The third-order valence-electron chi connectivity index (χ3n) is 2.13. The normalized spacial score (nSPS) is 9.89. The number of benzene rings is 1. The van der Waals surface area contributed by atoms with E-state index >= 15 is 0 Å². The Hall–Kier alpha value is -1.80. The van der Waals surface area contributed by atoms with Gasteiger partial charge in [-0.25, -0.2) is 0 Å². The Morgan fingerprint density at radius 1 is 1.61 bits per heavy atom. The lowest BCUT2D eigenvalue weighted by Crippen LogP contribution is -2.09. The number of para-hydroxylation sites is 1. The highest BCUT2D eigenvalue weighted by Gasteiger charge is 2.19. The summed E-state index contributed by atoms with van der Waals surface area (Å²) in [5.74, 6) is 5.27. The second-order valence-electron chi connectivity index (χ2n) is 3.23. The van der Waals surface area contributed by atoms with E-state index in [-0.39, 0.29) is 23.8 Å². The highest BCUT2D eigenvalue weighted by Crippen LogP contribution is 2.35. The first-order valence-electron chi connectivity index (χ1n) is 5.03. The molecule has 0 heterocycles. The third-order valence-corrected chi connectivity index (χ3v) is 3.18. The molecule has 0 radical (unpaired) electrons. The van der Waals surface area contributed by atoms with Gasteiger partial charge in [-0.1, -0.05) is 6.07 Å². The number of nitrogens with two attached hydrogens (primary N) is 1. The van der Waals surface area contributed by atoms with Crippen molar-refractivity contribution in [2.45, 2.75) is 11.3 Å². The maximum atomic E-state index is 11.0. The number of carbonyl (C=O) groups is 1. The molecule has 0 amide bonds. The Morgan fingerprint density at radius 3 is 2.89 bits per heavy atom. The molecule has 0 atom stereocenters. The SMILES string of the molecule is COC(=O)CCSc1cccc(NN)c1[N+](=O)[O-]. The molecule has 0 spiro atoms. The predicted octanol–water partition coefficient (Wildman–Crippen LogP) is 1.54. The maximum absolute atomic E-state index is 11.0. The van der Waals surface area contributed by atoms with E-state index in [1.165, 1.54) is 24.9 Å². The van der Waals surface area contributed by atoms with E-state index in [1.807, 2.05) is 0 Å². The van der Waals surface area contributed by atoms with Gasteiger partial charge in [-0.2, -0.15) is 0 Å². The van der Waals surface area contributed by atoms with E-state index in [0.29, 0.717) is 10.6 Å². The highest BCUT2D eigenvalue weighted by atomic mass is 32.2. The monoisotopic (exact) mass is 271 g/mol. The Balaban J connectivity index is 2.82. The maximum Gasteiger partial charge on any atom is 0.307 e. The number of nitro groups is 1. The highest BCUT2D eigenvalue weighted by molar-refractivity contribution is 7.99. The minimum absolute atomic E-state index is 0.0881. The molecule has 1 aromatic carbocycles. The van der Waals surface area contributed by atoms with Gasteiger partial charge in [0, 0.05) is 5.75 Å². The number of hydrogen-bond donors (Lipinski definition) is 2. The number of hydrogen-bond acceptors (Lipinski definition) is 7. The van der Waals surface area contributed by atoms with E-state index in [9.17, 15) is 14.9 Å². The number of anilines is 1. The first kappa shape index (κ1) is 14.3. The first-order valence-corrected chi connectivity index (χ1v) is 6.02. The zero-order valence-corrected chi connectivity index (χ0v) is 10.5. The summed E-state index contributed by atoms with van der Waals surface area (Å²) in [6.07, 6.45) is 0.193. The molecular formula is C10H13N3O4S. The summed E-state index contributed by atoms with van der Waals surface area (Å²) in [5, 5.41) is 11.0. The Labute approximate surface area is 108 Å². The molecule has 0 unspecified atom stereocenters. The molecule has 18 heavy (non-hydrogen) atoms. The largest absolute Gasteiger partial charge is 0.469 e. The number of esters is 1. The van der Waals surface area contributed by atoms with E-state index < -0.39 is 4.92 Å². The lowest BCUT2D eigenvalue weighted by Gasteiger charge is -2.06. The van der Waals surface area contributed by atoms with Gasteiger partial charge in [0.05, 0.1) is 23.3 Å². The number of thioether (sulfide) groups is 1. The van der Waals surface area contributed by atoms with Crippen LogP contribution in [0.15, 0.2) is 23.1 Å². The molecule has 98 valence electrons. The number of nitro benzene ring substituents is 1. The lowest BCUT2D eigenvalue weighted by atomic mass is 10.3. The fourth-order valence-electron chi connectivity index (χ4n) is 1.29. The van der Waals surface area contributed by atoms with Gasteiger partial charge < -0.3 is 10.2 Å². The molecule has 0 aromatic heterocycles. The van der Waals surface area contributed by atoms with Gasteiger partial charge in [0.15, 0.2) is 0 Å². The number of nitrogens with zero attached hydrogens (tertiary/aromatic N) is 1. The van der Waals surface area contributed by atoms with E-state index in [2.05, 4.69) is 10.2 Å². The van der Waals surface area contributed by atoms with Crippen LogP contribution in [0.4, 0.5) is 11.4 Å². The minimum atomic E-state index is -0.504. The molecular weight excluding hydrogens is 258 g/mol. The van der Waals surface area contributed by atoms with Crippen LogP contribution in [0.1, 0.15) is 6.42 Å². The van der Waals surface area contributed by atoms with Crippen LogP contribution in [0.25, 0.3) is 0 Å². The van der Waals surface area contributed by atoms with Gasteiger partial charge in [0.2, 0.25) is 0 Å². The molecule has 0 bridgehead atoms. The van der Waals surface area contributed by atoms with Gasteiger partial charge in [-0.3, -0.25) is 20.8 Å². The Morgan fingerprint density at radius 2 is 2.33 bits per heavy atom. The average molecular weight is 271 g/mol. The molecule has 0 aliphatic rings. The molecule has 1 aromatic rings. The van der Waals surface area contributed by atoms with Crippen molar-refractivity contribution in [2.24, 2.45) is 5.84 Å². The molecule has 0 saturated carbocycles. The summed E-state index contributed by atoms with van der Waals surface area (Å²) in [4.78, 5) is 21.9. The molecule has 0 aliphatic heterocycles. The van der Waals surface area contributed by atoms with Crippen molar-refractivity contribution in [3.63, 3.8) is 0 Å². The fourth-order valence-corrected chi connectivity index (χ4v) is 2.27. The van der Waals surface area contributed by atoms with Crippen molar-refractivity contribution < 1.29 is 14.5 Å². The van der Waals surface area contributed by atoms with Gasteiger partial charge in [-0.15, -0.1) is 11.8 Å². The van der Waals surface area contributed by atoms with Crippen LogP contribution < -0.4 is 11.3 Å². The fraction of sp³-hybridized carbons (Fsp3) is 0.300. The van der Waals surface area contributed by atoms with Crippen molar-refractivity contribution in [2.75, 3.05) is 18.3 Å². The number of methoxy groups -OCH3 is 1. The summed E-state index contributed by atoms with van der Waals surface area (Å²) in [6, 6.07) is 4.78. The summed E-state index contributed by atoms with van der Waals surface area (Å²) < 4.78 is 4.49. The van der Waals surface area contributed by atoms with Crippen molar-refractivity contribution in [1.82, 2.24) is 0 Å². The van der Waals surface area contributed by atoms with Gasteiger partial charge in [0.1, 0.15) is 5.69 Å². The standard InChI is InChI=1S/C10H13N3O4S/c1-17-9(14)5-6-18-8-4-2-3-7(12-11)10(8)13(15)16/h2-4,12H,5-6,11H2,1H3. The van der Waals surface area contributed by atoms with Crippen LogP contribution >= 0.6 is 11.8 Å². The van der Waals surface area contributed by atoms with Crippen LogP contribution in [-0.2, 0) is 9.53 Å². The summed E-state index contributed by atoms with van der Waals surface area (Å²) in [7, 11) is 1.30. The predicted molar refractivity (Wildman–Crippen MR) is 68.3 cm³/mol. The summed E-state index contributed by atoms with van der Waals surface area (Å²) in [6.45, 7) is 0. The number of rotatable bonds is 6. The summed E-state index contributed by atoms with van der Waals surface area (Å²) >= 11 is 1.21. The molecule has 1 rings (SSSR count). The smallest absolute Gasteiger partial charge is 0.307 e. The zero-order chi connectivity index (χ0) is 13.5. The van der Waals surface area contributed by atoms with Crippen LogP contribution in [0.2, 0.25) is 0 Å². The van der Waals surface area contributed by atoms with E-state index in [0.717, 1.165) is 0 Å². The van der Waals surface area contributed by atoms with Crippen molar-refractivity contribution in [3.05, 3.63) is 28.3 Å². The quantitative estimate of drug-likeness (QED) is 0.265. The summed E-state index contributed by atoms with van der Waals surface area (Å²) in [5.41, 5.74) is 2.43. The molecule has 0 fully saturated rings. The van der Waals surface area contributed by atoms with Gasteiger partial charge >= 0.3 is 11.7 Å². The third kappa shape index (κ3) is 3.60. The number of ether oxygens (including phenoxy) is 1. The lowest BCUT2D eigenvalue weighted by molar-refractivity contribution is -0.386.